The van der Waals surface area contributed by atoms with E-state index in [0.29, 0.717) is 16.1 Å². The average molecular weight is 326 g/mol. The lowest BCUT2D eigenvalue weighted by atomic mass is 10.0. The van der Waals surface area contributed by atoms with Crippen LogP contribution >= 0.6 is 11.6 Å². The van der Waals surface area contributed by atoms with Crippen LogP contribution in [-0.4, -0.2) is 20.5 Å². The zero-order chi connectivity index (χ0) is 16.4. The van der Waals surface area contributed by atoms with Gasteiger partial charge in [0.2, 0.25) is 0 Å². The number of carbonyl (C=O) groups excluding carboxylic acids is 1. The van der Waals surface area contributed by atoms with Gasteiger partial charge in [0.1, 0.15) is 12.2 Å². The monoisotopic (exact) mass is 325 g/mol. The molecule has 23 heavy (non-hydrogen) atoms. The second-order valence-electron chi connectivity index (χ2n) is 5.57. The molecule has 0 aliphatic heterocycles. The molecule has 0 amide bonds. The maximum atomic E-state index is 12.9. The van der Waals surface area contributed by atoms with Gasteiger partial charge in [0, 0.05) is 22.1 Å². The van der Waals surface area contributed by atoms with Gasteiger partial charge in [0.15, 0.2) is 5.78 Å². The topological polar surface area (TPSA) is 47.8 Å². The molecule has 0 N–H and O–H groups in total. The Labute approximate surface area is 139 Å². The first-order valence-corrected chi connectivity index (χ1v) is 7.75. The lowest BCUT2D eigenvalue weighted by molar-refractivity contribution is 0.103. The molecule has 3 aromatic rings. The van der Waals surface area contributed by atoms with E-state index in [0.717, 1.165) is 11.5 Å². The van der Waals surface area contributed by atoms with Crippen molar-refractivity contribution in [1.82, 2.24) is 14.8 Å². The fraction of sp³-hybridized carbons (Fsp3) is 0.167. The Morgan fingerprint density at radius 2 is 1.87 bits per heavy atom. The normalized spacial score (nSPS) is 11.0. The summed E-state index contributed by atoms with van der Waals surface area (Å²) in [5.74, 6) is 0.911. The fourth-order valence-corrected chi connectivity index (χ4v) is 2.64. The third kappa shape index (κ3) is 3.03. The highest BCUT2D eigenvalue weighted by Gasteiger charge is 2.18. The number of aromatic nitrogens is 3. The Balaban J connectivity index is 2.16. The van der Waals surface area contributed by atoms with Gasteiger partial charge in [-0.1, -0.05) is 55.8 Å². The summed E-state index contributed by atoms with van der Waals surface area (Å²) in [4.78, 5) is 12.9. The van der Waals surface area contributed by atoms with Gasteiger partial charge in [-0.25, -0.2) is 0 Å². The van der Waals surface area contributed by atoms with Crippen molar-refractivity contribution >= 4 is 17.4 Å². The maximum absolute atomic E-state index is 12.9. The van der Waals surface area contributed by atoms with Crippen LogP contribution in [0, 0.1) is 0 Å². The zero-order valence-corrected chi connectivity index (χ0v) is 13.7. The van der Waals surface area contributed by atoms with Crippen LogP contribution in [0.2, 0.25) is 5.02 Å². The number of carbonyl (C=O) groups is 1. The van der Waals surface area contributed by atoms with E-state index in [1.165, 1.54) is 0 Å². The molecule has 1 heterocycles. The van der Waals surface area contributed by atoms with E-state index in [-0.39, 0.29) is 11.7 Å². The lowest BCUT2D eigenvalue weighted by Gasteiger charge is -2.13. The molecule has 0 bridgehead atoms. The third-order valence-corrected chi connectivity index (χ3v) is 3.82. The van der Waals surface area contributed by atoms with E-state index < -0.39 is 0 Å². The minimum absolute atomic E-state index is 0.0773. The molecule has 0 fully saturated rings. The van der Waals surface area contributed by atoms with E-state index in [4.69, 9.17) is 11.6 Å². The van der Waals surface area contributed by atoms with Crippen LogP contribution in [0.5, 0.6) is 0 Å². The van der Waals surface area contributed by atoms with Gasteiger partial charge in [0.05, 0.1) is 5.69 Å². The largest absolute Gasteiger partial charge is 0.289 e. The molecule has 0 radical (unpaired) electrons. The van der Waals surface area contributed by atoms with Crippen LogP contribution in [0.15, 0.2) is 54.9 Å². The Morgan fingerprint density at radius 3 is 2.57 bits per heavy atom. The van der Waals surface area contributed by atoms with Crippen LogP contribution < -0.4 is 0 Å². The molecule has 4 nitrogen and oxygen atoms in total. The van der Waals surface area contributed by atoms with Crippen molar-refractivity contribution in [3.05, 3.63) is 76.8 Å². The van der Waals surface area contributed by atoms with Gasteiger partial charge in [-0.05, 0) is 18.2 Å². The van der Waals surface area contributed by atoms with Gasteiger partial charge in [-0.2, -0.15) is 0 Å². The minimum atomic E-state index is -0.0773. The highest BCUT2D eigenvalue weighted by molar-refractivity contribution is 6.31. The van der Waals surface area contributed by atoms with Crippen LogP contribution in [-0.2, 0) is 0 Å². The molecule has 2 aromatic carbocycles. The molecule has 0 aliphatic carbocycles. The van der Waals surface area contributed by atoms with E-state index in [2.05, 4.69) is 10.2 Å². The first-order valence-electron chi connectivity index (χ1n) is 7.37. The summed E-state index contributed by atoms with van der Waals surface area (Å²) in [7, 11) is 0. The van der Waals surface area contributed by atoms with Crippen LogP contribution in [0.4, 0.5) is 0 Å². The number of hydrogen-bond acceptors (Lipinski definition) is 3. The van der Waals surface area contributed by atoms with E-state index >= 15 is 0 Å². The zero-order valence-electron chi connectivity index (χ0n) is 12.9. The van der Waals surface area contributed by atoms with Crippen molar-refractivity contribution in [3.8, 4) is 5.69 Å². The highest BCUT2D eigenvalue weighted by Crippen LogP contribution is 2.25. The van der Waals surface area contributed by atoms with Crippen molar-refractivity contribution in [2.75, 3.05) is 0 Å². The summed E-state index contributed by atoms with van der Waals surface area (Å²) in [6.45, 7) is 4.07. The van der Waals surface area contributed by atoms with E-state index in [1.807, 2.05) is 42.7 Å². The van der Waals surface area contributed by atoms with Gasteiger partial charge in [-0.15, -0.1) is 10.2 Å². The molecule has 0 unspecified atom stereocenters. The summed E-state index contributed by atoms with van der Waals surface area (Å²) in [6.07, 6.45) is 1.63. The molecule has 0 spiro atoms. The number of benzene rings is 2. The Morgan fingerprint density at radius 1 is 1.13 bits per heavy atom. The lowest BCUT2D eigenvalue weighted by Crippen LogP contribution is -2.10. The van der Waals surface area contributed by atoms with Gasteiger partial charge in [0.25, 0.3) is 0 Å². The molecule has 3 rings (SSSR count). The summed E-state index contributed by atoms with van der Waals surface area (Å²) in [6, 6.07) is 14.4. The minimum Gasteiger partial charge on any atom is -0.289 e. The first kappa shape index (κ1) is 15.4. The molecule has 0 atom stereocenters. The van der Waals surface area contributed by atoms with Crippen molar-refractivity contribution in [2.45, 2.75) is 19.8 Å². The quantitative estimate of drug-likeness (QED) is 0.673. The number of halogens is 1. The summed E-state index contributed by atoms with van der Waals surface area (Å²) in [5, 5.41) is 8.66. The van der Waals surface area contributed by atoms with Crippen molar-refractivity contribution in [2.24, 2.45) is 0 Å². The number of hydrogen-bond donors (Lipinski definition) is 0. The van der Waals surface area contributed by atoms with Crippen molar-refractivity contribution < 1.29 is 4.79 Å². The molecule has 1 aromatic heterocycles. The van der Waals surface area contributed by atoms with E-state index in [9.17, 15) is 4.79 Å². The molecule has 0 saturated carbocycles. The predicted molar refractivity (Wildman–Crippen MR) is 90.3 cm³/mol. The van der Waals surface area contributed by atoms with Crippen molar-refractivity contribution in [3.63, 3.8) is 0 Å². The maximum Gasteiger partial charge on any atom is 0.195 e. The second kappa shape index (κ2) is 6.34. The summed E-state index contributed by atoms with van der Waals surface area (Å²) in [5.41, 5.74) is 1.89. The number of nitrogens with zero attached hydrogens (tertiary/aromatic N) is 3. The van der Waals surface area contributed by atoms with Gasteiger partial charge >= 0.3 is 0 Å². The molecule has 116 valence electrons. The van der Waals surface area contributed by atoms with Gasteiger partial charge in [-0.3, -0.25) is 9.36 Å². The van der Waals surface area contributed by atoms with Crippen LogP contribution in [0.25, 0.3) is 5.69 Å². The van der Waals surface area contributed by atoms with Crippen molar-refractivity contribution in [1.29, 1.82) is 0 Å². The third-order valence-electron chi connectivity index (χ3n) is 3.59. The fourth-order valence-electron chi connectivity index (χ4n) is 2.47. The highest BCUT2D eigenvalue weighted by atomic mass is 35.5. The SMILES string of the molecule is CC(C)c1nncn1-c1ccc(Cl)cc1C(=O)c1ccccc1. The standard InChI is InChI=1S/C18H16ClN3O/c1-12(2)18-21-20-11-22(18)16-9-8-14(19)10-15(16)17(23)13-6-4-3-5-7-13/h3-12H,1-2H3. The van der Waals surface area contributed by atoms with E-state index in [1.54, 1.807) is 30.6 Å². The second-order valence-corrected chi connectivity index (χ2v) is 6.01. The Bertz CT molecular complexity index is 840. The number of rotatable bonds is 4. The smallest absolute Gasteiger partial charge is 0.195 e. The predicted octanol–water partition coefficient (Wildman–Crippen LogP) is 4.28. The van der Waals surface area contributed by atoms with Gasteiger partial charge < -0.3 is 0 Å². The molecule has 0 saturated heterocycles. The first-order chi connectivity index (χ1) is 11.1. The Hall–Kier alpha value is -2.46. The molecular formula is C18H16ClN3O. The molecular weight excluding hydrogens is 310 g/mol. The summed E-state index contributed by atoms with van der Waals surface area (Å²) >= 11 is 6.12. The molecule has 5 heteroatoms. The average Bonchev–Trinajstić information content (AvgIpc) is 3.04. The number of ketones is 1. The van der Waals surface area contributed by atoms with Crippen LogP contribution in [0.3, 0.4) is 0 Å². The Kier molecular flexibility index (Phi) is 4.26. The molecule has 0 aliphatic rings. The summed E-state index contributed by atoms with van der Waals surface area (Å²) < 4.78 is 1.84. The van der Waals surface area contributed by atoms with Crippen LogP contribution in [0.1, 0.15) is 41.5 Å².